The minimum absolute atomic E-state index is 0.641. The summed E-state index contributed by atoms with van der Waals surface area (Å²) >= 11 is 1.87. The van der Waals surface area contributed by atoms with Gasteiger partial charge in [0.25, 0.3) is 0 Å². The van der Waals surface area contributed by atoms with Crippen LogP contribution in [0.15, 0.2) is 85.1 Å². The van der Waals surface area contributed by atoms with Gasteiger partial charge in [-0.1, -0.05) is 74.5 Å². The van der Waals surface area contributed by atoms with E-state index in [-0.39, 0.29) is 0 Å². The van der Waals surface area contributed by atoms with Crippen molar-refractivity contribution in [3.63, 3.8) is 0 Å². The molecule has 0 saturated heterocycles. The normalized spacial score (nSPS) is 11.6. The van der Waals surface area contributed by atoms with Crippen molar-refractivity contribution in [1.82, 2.24) is 4.98 Å². The summed E-state index contributed by atoms with van der Waals surface area (Å²) in [6.45, 7) is 4.52. The second kappa shape index (κ2) is 7.46. The van der Waals surface area contributed by atoms with Crippen molar-refractivity contribution in [3.8, 4) is 22.4 Å². The van der Waals surface area contributed by atoms with Crippen LogP contribution in [0.4, 0.5) is 0 Å². The Morgan fingerprint density at radius 2 is 1.66 bits per heavy atom. The van der Waals surface area contributed by atoms with Crippen LogP contribution in [0.25, 0.3) is 42.6 Å². The molecule has 0 amide bonds. The number of pyridine rings is 1. The highest BCUT2D eigenvalue weighted by molar-refractivity contribution is 7.26. The standard InChI is InChI=1S/C27H23NS/c1-18(2)15-19-13-14-28-25(16-19)24-10-6-9-23-22-12-11-21(17-26(22)29-27(23)24)20-7-4-3-5-8-20/h3-14,16-18H,15H2,1-2H3. The second-order valence-corrected chi connectivity index (χ2v) is 9.06. The van der Waals surface area contributed by atoms with Crippen LogP contribution < -0.4 is 0 Å². The van der Waals surface area contributed by atoms with Crippen LogP contribution in [0.3, 0.4) is 0 Å². The summed E-state index contributed by atoms with van der Waals surface area (Å²) in [4.78, 5) is 4.71. The Morgan fingerprint density at radius 3 is 2.48 bits per heavy atom. The Balaban J connectivity index is 1.66. The predicted molar refractivity (Wildman–Crippen MR) is 127 cm³/mol. The van der Waals surface area contributed by atoms with E-state index in [2.05, 4.69) is 92.7 Å². The summed E-state index contributed by atoms with van der Waals surface area (Å²) in [5.41, 5.74) is 6.19. The first-order valence-corrected chi connectivity index (χ1v) is 11.0. The van der Waals surface area contributed by atoms with Crippen LogP contribution in [-0.2, 0) is 6.42 Å². The predicted octanol–water partition coefficient (Wildman–Crippen LogP) is 7.98. The Bertz CT molecular complexity index is 1300. The van der Waals surface area contributed by atoms with E-state index in [1.54, 1.807) is 0 Å². The minimum atomic E-state index is 0.641. The largest absolute Gasteiger partial charge is 0.256 e. The molecule has 0 saturated carbocycles. The molecule has 2 heterocycles. The van der Waals surface area contributed by atoms with Crippen LogP contribution in [0.1, 0.15) is 19.4 Å². The first-order valence-electron chi connectivity index (χ1n) is 10.1. The van der Waals surface area contributed by atoms with Crippen molar-refractivity contribution in [2.45, 2.75) is 20.3 Å². The number of nitrogens with zero attached hydrogens (tertiary/aromatic N) is 1. The molecule has 0 N–H and O–H groups in total. The average molecular weight is 394 g/mol. The number of thiophene rings is 1. The summed E-state index contributed by atoms with van der Waals surface area (Å²) < 4.78 is 2.65. The number of hydrogen-bond acceptors (Lipinski definition) is 2. The highest BCUT2D eigenvalue weighted by Crippen LogP contribution is 2.40. The van der Waals surface area contributed by atoms with Gasteiger partial charge in [-0.3, -0.25) is 4.98 Å². The SMILES string of the molecule is CC(C)Cc1ccnc(-c2cccc3c2sc2cc(-c4ccccc4)ccc23)c1. The van der Waals surface area contributed by atoms with Gasteiger partial charge in [0.1, 0.15) is 0 Å². The number of hydrogen-bond donors (Lipinski definition) is 0. The van der Waals surface area contributed by atoms with Crippen molar-refractivity contribution in [2.75, 3.05) is 0 Å². The van der Waals surface area contributed by atoms with Crippen LogP contribution >= 0.6 is 11.3 Å². The summed E-state index contributed by atoms with van der Waals surface area (Å²) in [6.07, 6.45) is 3.03. The quantitative estimate of drug-likeness (QED) is 0.301. The zero-order valence-corrected chi connectivity index (χ0v) is 17.5. The van der Waals surface area contributed by atoms with Crippen molar-refractivity contribution in [3.05, 3.63) is 90.6 Å². The van der Waals surface area contributed by atoms with Gasteiger partial charge >= 0.3 is 0 Å². The molecule has 1 nitrogen and oxygen atoms in total. The molecule has 0 bridgehead atoms. The molecule has 0 aliphatic heterocycles. The Hall–Kier alpha value is -2.97. The van der Waals surface area contributed by atoms with Gasteiger partial charge in [-0.05, 0) is 47.2 Å². The molecule has 2 heteroatoms. The summed E-state index contributed by atoms with van der Waals surface area (Å²) in [5.74, 6) is 0.641. The van der Waals surface area contributed by atoms with Crippen molar-refractivity contribution in [2.24, 2.45) is 5.92 Å². The van der Waals surface area contributed by atoms with Gasteiger partial charge in [-0.2, -0.15) is 0 Å². The highest BCUT2D eigenvalue weighted by atomic mass is 32.1. The minimum Gasteiger partial charge on any atom is -0.256 e. The molecule has 0 atom stereocenters. The number of rotatable bonds is 4. The average Bonchev–Trinajstić information content (AvgIpc) is 3.12. The van der Waals surface area contributed by atoms with Gasteiger partial charge in [-0.25, -0.2) is 0 Å². The fourth-order valence-electron chi connectivity index (χ4n) is 4.03. The molecule has 0 unspecified atom stereocenters. The van der Waals surface area contributed by atoms with E-state index in [4.69, 9.17) is 4.98 Å². The van der Waals surface area contributed by atoms with Gasteiger partial charge in [0.2, 0.25) is 0 Å². The van der Waals surface area contributed by atoms with E-state index in [0.717, 1.165) is 12.1 Å². The van der Waals surface area contributed by atoms with Gasteiger partial charge in [0.15, 0.2) is 0 Å². The molecule has 5 aromatic rings. The van der Waals surface area contributed by atoms with E-state index >= 15 is 0 Å². The number of fused-ring (bicyclic) bond motifs is 3. The first kappa shape index (κ1) is 18.1. The molecule has 0 spiro atoms. The molecule has 0 aliphatic carbocycles. The van der Waals surface area contributed by atoms with Crippen LogP contribution in [0, 0.1) is 5.92 Å². The molecular formula is C27H23NS. The lowest BCUT2D eigenvalue weighted by Crippen LogP contribution is -1.95. The Kier molecular flexibility index (Phi) is 4.65. The lowest BCUT2D eigenvalue weighted by molar-refractivity contribution is 0.647. The zero-order valence-electron chi connectivity index (χ0n) is 16.7. The molecule has 5 rings (SSSR count). The van der Waals surface area contributed by atoms with Gasteiger partial charge < -0.3 is 0 Å². The first-order chi connectivity index (χ1) is 14.2. The topological polar surface area (TPSA) is 12.9 Å². The maximum Gasteiger partial charge on any atom is 0.0719 e. The summed E-state index contributed by atoms with van der Waals surface area (Å²) in [6, 6.07) is 28.4. The third kappa shape index (κ3) is 3.45. The van der Waals surface area contributed by atoms with E-state index in [1.807, 2.05) is 17.5 Å². The Labute approximate surface area is 175 Å². The number of benzene rings is 3. The van der Waals surface area contributed by atoms with Crippen LogP contribution in [0.5, 0.6) is 0 Å². The molecule has 0 fully saturated rings. The van der Waals surface area contributed by atoms with Crippen molar-refractivity contribution < 1.29 is 0 Å². The second-order valence-electron chi connectivity index (χ2n) is 8.01. The number of aromatic nitrogens is 1. The fraction of sp³-hybridized carbons (Fsp3) is 0.148. The Morgan fingerprint density at radius 1 is 0.793 bits per heavy atom. The van der Waals surface area contributed by atoms with Crippen LogP contribution in [-0.4, -0.2) is 4.98 Å². The smallest absolute Gasteiger partial charge is 0.0719 e. The molecule has 2 aromatic heterocycles. The molecule has 0 radical (unpaired) electrons. The lowest BCUT2D eigenvalue weighted by atomic mass is 10.0. The molecule has 142 valence electrons. The lowest BCUT2D eigenvalue weighted by Gasteiger charge is -2.08. The van der Waals surface area contributed by atoms with Gasteiger partial charge in [0, 0.05) is 31.9 Å². The molecular weight excluding hydrogens is 370 g/mol. The monoisotopic (exact) mass is 393 g/mol. The highest BCUT2D eigenvalue weighted by Gasteiger charge is 2.12. The van der Waals surface area contributed by atoms with Gasteiger partial charge in [-0.15, -0.1) is 11.3 Å². The summed E-state index contributed by atoms with van der Waals surface area (Å²) in [7, 11) is 0. The maximum atomic E-state index is 4.71. The van der Waals surface area contributed by atoms with Crippen LogP contribution in [0.2, 0.25) is 0 Å². The van der Waals surface area contributed by atoms with E-state index in [1.165, 1.54) is 42.4 Å². The van der Waals surface area contributed by atoms with E-state index < -0.39 is 0 Å². The molecule has 0 aliphatic rings. The van der Waals surface area contributed by atoms with Gasteiger partial charge in [0.05, 0.1) is 5.69 Å². The third-order valence-electron chi connectivity index (χ3n) is 5.35. The molecule has 3 aromatic carbocycles. The zero-order chi connectivity index (χ0) is 19.8. The van der Waals surface area contributed by atoms with E-state index in [9.17, 15) is 0 Å². The van der Waals surface area contributed by atoms with Crippen molar-refractivity contribution in [1.29, 1.82) is 0 Å². The summed E-state index contributed by atoms with van der Waals surface area (Å²) in [5, 5.41) is 2.64. The van der Waals surface area contributed by atoms with Crippen molar-refractivity contribution >= 4 is 31.5 Å². The maximum absolute atomic E-state index is 4.71. The third-order valence-corrected chi connectivity index (χ3v) is 6.55. The van der Waals surface area contributed by atoms with E-state index in [0.29, 0.717) is 5.92 Å². The fourth-order valence-corrected chi connectivity index (χ4v) is 5.29. The molecule has 29 heavy (non-hydrogen) atoms.